The van der Waals surface area contributed by atoms with Crippen molar-refractivity contribution in [1.82, 2.24) is 5.43 Å². The summed E-state index contributed by atoms with van der Waals surface area (Å²) in [5.74, 6) is -0.767. The number of carbonyl (C=O) groups is 3. The SMILES string of the molecule is CCOc1ccc(NC(=O)COc2ccc(Cl)cc2/C=N\NC(=O)C(=O)Nc2cccc(OC)c2)cc1. The standard InChI is InChI=1S/C26H25ClN4O6/c1-3-36-21-10-8-19(9-11-21)29-24(32)16-37-23-12-7-18(27)13-17(23)15-28-31-26(34)25(33)30-20-5-4-6-22(14-20)35-2/h4-15H,3,16H2,1-2H3,(H,29,32)(H,30,33)(H,31,34)/b28-15-. The highest BCUT2D eigenvalue weighted by Gasteiger charge is 2.13. The van der Waals surface area contributed by atoms with E-state index in [0.29, 0.717) is 45.8 Å². The minimum absolute atomic E-state index is 0.287. The fourth-order valence-corrected chi connectivity index (χ4v) is 3.17. The topological polar surface area (TPSA) is 127 Å². The van der Waals surface area contributed by atoms with E-state index in [1.807, 2.05) is 6.92 Å². The third-order valence-corrected chi connectivity index (χ3v) is 4.92. The first kappa shape index (κ1) is 27.0. The molecule has 3 aromatic carbocycles. The van der Waals surface area contributed by atoms with Crippen LogP contribution in [-0.4, -0.2) is 44.3 Å². The van der Waals surface area contributed by atoms with Crippen molar-refractivity contribution in [2.75, 3.05) is 31.0 Å². The van der Waals surface area contributed by atoms with Gasteiger partial charge in [-0.05, 0) is 61.5 Å². The fourth-order valence-electron chi connectivity index (χ4n) is 2.99. The molecular formula is C26H25ClN4O6. The van der Waals surface area contributed by atoms with E-state index in [2.05, 4.69) is 21.2 Å². The van der Waals surface area contributed by atoms with Gasteiger partial charge in [-0.3, -0.25) is 14.4 Å². The van der Waals surface area contributed by atoms with Crippen LogP contribution in [0.25, 0.3) is 0 Å². The van der Waals surface area contributed by atoms with Crippen molar-refractivity contribution in [1.29, 1.82) is 0 Å². The van der Waals surface area contributed by atoms with Crippen LogP contribution in [0, 0.1) is 0 Å². The molecule has 192 valence electrons. The molecule has 0 aliphatic carbocycles. The van der Waals surface area contributed by atoms with Crippen LogP contribution in [0.4, 0.5) is 11.4 Å². The Morgan fingerprint density at radius 1 is 0.892 bits per heavy atom. The van der Waals surface area contributed by atoms with Gasteiger partial charge in [0.1, 0.15) is 17.2 Å². The van der Waals surface area contributed by atoms with Gasteiger partial charge in [0.05, 0.1) is 19.9 Å². The number of methoxy groups -OCH3 is 1. The Bertz CT molecular complexity index is 1280. The molecule has 11 heteroatoms. The molecule has 0 aliphatic rings. The number of hydrogen-bond acceptors (Lipinski definition) is 7. The molecule has 3 amide bonds. The largest absolute Gasteiger partial charge is 0.497 e. The van der Waals surface area contributed by atoms with Crippen LogP contribution >= 0.6 is 11.6 Å². The number of halogens is 1. The number of carbonyl (C=O) groups excluding carboxylic acids is 3. The van der Waals surface area contributed by atoms with Gasteiger partial charge in [-0.15, -0.1) is 0 Å². The lowest BCUT2D eigenvalue weighted by molar-refractivity contribution is -0.136. The van der Waals surface area contributed by atoms with Crippen molar-refractivity contribution in [2.45, 2.75) is 6.92 Å². The normalized spacial score (nSPS) is 10.5. The van der Waals surface area contributed by atoms with Crippen molar-refractivity contribution in [3.63, 3.8) is 0 Å². The van der Waals surface area contributed by atoms with Crippen molar-refractivity contribution in [3.8, 4) is 17.2 Å². The van der Waals surface area contributed by atoms with E-state index in [1.54, 1.807) is 60.7 Å². The molecule has 0 unspecified atom stereocenters. The van der Waals surface area contributed by atoms with Gasteiger partial charge < -0.3 is 24.8 Å². The molecule has 37 heavy (non-hydrogen) atoms. The number of rotatable bonds is 10. The lowest BCUT2D eigenvalue weighted by atomic mass is 10.2. The molecule has 3 rings (SSSR count). The van der Waals surface area contributed by atoms with Gasteiger partial charge in [-0.1, -0.05) is 17.7 Å². The number of hydrogen-bond donors (Lipinski definition) is 3. The molecule has 0 radical (unpaired) electrons. The quantitative estimate of drug-likeness (QED) is 0.210. The lowest BCUT2D eigenvalue weighted by Gasteiger charge is -2.10. The van der Waals surface area contributed by atoms with Crippen LogP contribution in [0.2, 0.25) is 5.02 Å². The molecule has 0 fully saturated rings. The van der Waals surface area contributed by atoms with Crippen LogP contribution in [0.15, 0.2) is 71.8 Å². The predicted molar refractivity (Wildman–Crippen MR) is 141 cm³/mol. The van der Waals surface area contributed by atoms with E-state index in [0.717, 1.165) is 0 Å². The van der Waals surface area contributed by atoms with Gasteiger partial charge in [-0.25, -0.2) is 5.43 Å². The van der Waals surface area contributed by atoms with Gasteiger partial charge in [0, 0.05) is 28.0 Å². The summed E-state index contributed by atoms with van der Waals surface area (Å²) in [7, 11) is 1.49. The van der Waals surface area contributed by atoms with E-state index in [9.17, 15) is 14.4 Å². The van der Waals surface area contributed by atoms with Gasteiger partial charge >= 0.3 is 11.8 Å². The minimum Gasteiger partial charge on any atom is -0.497 e. The second-order valence-electron chi connectivity index (χ2n) is 7.36. The van der Waals surface area contributed by atoms with Crippen LogP contribution in [0.1, 0.15) is 12.5 Å². The fraction of sp³-hybridized carbons (Fsp3) is 0.154. The van der Waals surface area contributed by atoms with E-state index in [4.69, 9.17) is 25.8 Å². The summed E-state index contributed by atoms with van der Waals surface area (Å²) in [6, 6.07) is 18.2. The summed E-state index contributed by atoms with van der Waals surface area (Å²) in [5.41, 5.74) is 3.50. The Balaban J connectivity index is 1.55. The first-order valence-corrected chi connectivity index (χ1v) is 11.5. The zero-order chi connectivity index (χ0) is 26.6. The Kier molecular flexibility index (Phi) is 9.86. The number of hydrazone groups is 1. The molecule has 0 aliphatic heterocycles. The summed E-state index contributed by atoms with van der Waals surface area (Å²) in [5, 5.41) is 9.35. The molecule has 3 N–H and O–H groups in total. The Morgan fingerprint density at radius 2 is 1.68 bits per heavy atom. The highest BCUT2D eigenvalue weighted by Crippen LogP contribution is 2.22. The second kappa shape index (κ2) is 13.5. The van der Waals surface area contributed by atoms with E-state index in [-0.39, 0.29) is 12.5 Å². The van der Waals surface area contributed by atoms with Gasteiger partial charge in [0.2, 0.25) is 0 Å². The number of amides is 3. The minimum atomic E-state index is -0.988. The number of ether oxygens (including phenoxy) is 3. The maximum absolute atomic E-state index is 12.3. The van der Waals surface area contributed by atoms with Gasteiger partial charge in [0.15, 0.2) is 6.61 Å². The van der Waals surface area contributed by atoms with Gasteiger partial charge in [-0.2, -0.15) is 5.10 Å². The first-order chi connectivity index (χ1) is 17.9. The maximum atomic E-state index is 12.3. The predicted octanol–water partition coefficient (Wildman–Crippen LogP) is 3.85. The summed E-state index contributed by atoms with van der Waals surface area (Å²) in [6.07, 6.45) is 1.25. The summed E-state index contributed by atoms with van der Waals surface area (Å²) >= 11 is 6.06. The second-order valence-corrected chi connectivity index (χ2v) is 7.80. The average molecular weight is 525 g/mol. The van der Waals surface area contributed by atoms with Crippen LogP contribution in [0.3, 0.4) is 0 Å². The summed E-state index contributed by atoms with van der Waals surface area (Å²) in [6.45, 7) is 2.15. The molecular weight excluding hydrogens is 500 g/mol. The number of benzene rings is 3. The maximum Gasteiger partial charge on any atom is 0.329 e. The lowest BCUT2D eigenvalue weighted by Crippen LogP contribution is -2.32. The number of nitrogens with one attached hydrogen (secondary N) is 3. The Morgan fingerprint density at radius 3 is 2.41 bits per heavy atom. The van der Waals surface area contributed by atoms with Crippen LogP contribution < -0.4 is 30.3 Å². The molecule has 0 atom stereocenters. The monoisotopic (exact) mass is 524 g/mol. The van der Waals surface area contributed by atoms with Crippen molar-refractivity contribution < 1.29 is 28.6 Å². The van der Waals surface area contributed by atoms with E-state index in [1.165, 1.54) is 19.4 Å². The van der Waals surface area contributed by atoms with E-state index >= 15 is 0 Å². The molecule has 3 aromatic rings. The summed E-state index contributed by atoms with van der Waals surface area (Å²) in [4.78, 5) is 36.5. The number of nitrogens with zero attached hydrogens (tertiary/aromatic N) is 1. The van der Waals surface area contributed by atoms with Gasteiger partial charge in [0.25, 0.3) is 5.91 Å². The highest BCUT2D eigenvalue weighted by molar-refractivity contribution is 6.39. The molecule has 0 spiro atoms. The van der Waals surface area contributed by atoms with E-state index < -0.39 is 11.8 Å². The number of anilines is 2. The van der Waals surface area contributed by atoms with Crippen molar-refractivity contribution in [3.05, 3.63) is 77.3 Å². The molecule has 0 aromatic heterocycles. The smallest absolute Gasteiger partial charge is 0.329 e. The molecule has 0 saturated carbocycles. The zero-order valence-corrected chi connectivity index (χ0v) is 20.9. The Labute approximate surface area is 218 Å². The highest BCUT2D eigenvalue weighted by atomic mass is 35.5. The van der Waals surface area contributed by atoms with Crippen molar-refractivity contribution >= 4 is 46.9 Å². The molecule has 0 heterocycles. The third kappa shape index (κ3) is 8.55. The molecule has 10 nitrogen and oxygen atoms in total. The Hall–Kier alpha value is -4.57. The van der Waals surface area contributed by atoms with Crippen LogP contribution in [0.5, 0.6) is 17.2 Å². The van der Waals surface area contributed by atoms with Crippen molar-refractivity contribution in [2.24, 2.45) is 5.10 Å². The summed E-state index contributed by atoms with van der Waals surface area (Å²) < 4.78 is 16.1. The van der Waals surface area contributed by atoms with Crippen LogP contribution in [-0.2, 0) is 14.4 Å². The third-order valence-electron chi connectivity index (χ3n) is 4.68. The average Bonchev–Trinajstić information content (AvgIpc) is 2.89. The molecule has 0 bridgehead atoms. The first-order valence-electron chi connectivity index (χ1n) is 11.1. The zero-order valence-electron chi connectivity index (χ0n) is 20.1. The molecule has 0 saturated heterocycles.